The lowest BCUT2D eigenvalue weighted by atomic mass is 10.1. The number of anilines is 1. The summed E-state index contributed by atoms with van der Waals surface area (Å²) in [6.07, 6.45) is 0.679. The third kappa shape index (κ3) is 5.19. The normalized spacial score (nSPS) is 10.8. The van der Waals surface area contributed by atoms with Crippen molar-refractivity contribution in [1.82, 2.24) is 14.8 Å². The summed E-state index contributed by atoms with van der Waals surface area (Å²) < 4.78 is 11.5. The van der Waals surface area contributed by atoms with E-state index < -0.39 is 11.9 Å². The zero-order chi connectivity index (χ0) is 23.3. The monoisotopic (exact) mass is 494 g/mol. The predicted molar refractivity (Wildman–Crippen MR) is 124 cm³/mol. The zero-order valence-corrected chi connectivity index (χ0v) is 20.4. The number of carbonyl (C=O) groups excluding carboxylic acids is 3. The molecule has 3 aromatic heterocycles. The van der Waals surface area contributed by atoms with E-state index in [0.717, 1.165) is 17.2 Å². The van der Waals surface area contributed by atoms with Crippen molar-refractivity contribution < 1.29 is 23.9 Å². The summed E-state index contributed by atoms with van der Waals surface area (Å²) in [5.74, 6) is -0.671. The van der Waals surface area contributed by atoms with Gasteiger partial charge in [-0.1, -0.05) is 17.8 Å². The van der Waals surface area contributed by atoms with Gasteiger partial charge in [-0.2, -0.15) is 0 Å². The summed E-state index contributed by atoms with van der Waals surface area (Å²) in [7, 11) is 2.49. The Hall–Kier alpha value is -2.70. The Kier molecular flexibility index (Phi) is 8.04. The number of methoxy groups -OCH3 is 2. The van der Waals surface area contributed by atoms with Gasteiger partial charge in [-0.25, -0.2) is 9.59 Å². The maximum absolute atomic E-state index is 12.6. The quantitative estimate of drug-likeness (QED) is 0.355. The molecule has 3 aromatic rings. The lowest BCUT2D eigenvalue weighted by Gasteiger charge is -2.08. The van der Waals surface area contributed by atoms with Crippen LogP contribution in [0.25, 0.3) is 0 Å². The molecule has 0 aliphatic rings. The molecular weight excluding hydrogens is 472 g/mol. The van der Waals surface area contributed by atoms with E-state index in [9.17, 15) is 14.4 Å². The number of carbonyl (C=O) groups is 3. The Morgan fingerprint density at radius 3 is 2.56 bits per heavy atom. The number of esters is 2. The van der Waals surface area contributed by atoms with E-state index in [1.54, 1.807) is 18.3 Å². The molecule has 32 heavy (non-hydrogen) atoms. The Morgan fingerprint density at radius 1 is 1.19 bits per heavy atom. The standard InChI is InChI=1S/C20H22N4O5S3/c1-5-24-13(9-12-7-6-8-30-12)22-23-20(24)31-10-14(25)21-17-15(18(26)28-3)11(2)16(32-17)19(27)29-4/h6-8H,5,9-10H2,1-4H3,(H,21,25). The molecule has 170 valence electrons. The first-order chi connectivity index (χ1) is 15.4. The maximum atomic E-state index is 12.6. The second-order valence-corrected chi connectivity index (χ2v) is 9.47. The number of hydrogen-bond donors (Lipinski definition) is 1. The Morgan fingerprint density at radius 2 is 1.94 bits per heavy atom. The predicted octanol–water partition coefficient (Wildman–Crippen LogP) is 3.62. The average Bonchev–Trinajstić information content (AvgIpc) is 3.51. The second kappa shape index (κ2) is 10.7. The largest absolute Gasteiger partial charge is 0.465 e. The van der Waals surface area contributed by atoms with Crippen LogP contribution in [-0.2, 0) is 27.2 Å². The maximum Gasteiger partial charge on any atom is 0.348 e. The molecule has 0 radical (unpaired) electrons. The van der Waals surface area contributed by atoms with Crippen LogP contribution in [0.4, 0.5) is 5.00 Å². The number of aromatic nitrogens is 3. The molecule has 0 fully saturated rings. The fourth-order valence-electron chi connectivity index (χ4n) is 2.97. The highest BCUT2D eigenvalue weighted by Gasteiger charge is 2.27. The third-order valence-electron chi connectivity index (χ3n) is 4.51. The van der Waals surface area contributed by atoms with Crippen LogP contribution < -0.4 is 5.32 Å². The molecule has 0 bridgehead atoms. The molecule has 0 aliphatic carbocycles. The first kappa shape index (κ1) is 24.0. The molecule has 1 amide bonds. The van der Waals surface area contributed by atoms with Gasteiger partial charge in [0.1, 0.15) is 15.7 Å². The first-order valence-corrected chi connectivity index (χ1v) is 12.2. The summed E-state index contributed by atoms with van der Waals surface area (Å²) in [6, 6.07) is 4.04. The average molecular weight is 495 g/mol. The summed E-state index contributed by atoms with van der Waals surface area (Å²) in [5, 5.41) is 14.1. The van der Waals surface area contributed by atoms with Crippen LogP contribution in [0.1, 0.15) is 43.2 Å². The van der Waals surface area contributed by atoms with Crippen LogP contribution in [0.3, 0.4) is 0 Å². The van der Waals surface area contributed by atoms with Gasteiger partial charge in [0.15, 0.2) is 5.16 Å². The molecule has 0 unspecified atom stereocenters. The molecule has 9 nitrogen and oxygen atoms in total. The van der Waals surface area contributed by atoms with E-state index >= 15 is 0 Å². The third-order valence-corrected chi connectivity index (χ3v) is 7.54. The van der Waals surface area contributed by atoms with E-state index in [2.05, 4.69) is 15.5 Å². The lowest BCUT2D eigenvalue weighted by molar-refractivity contribution is -0.113. The van der Waals surface area contributed by atoms with Crippen LogP contribution >= 0.6 is 34.4 Å². The minimum Gasteiger partial charge on any atom is -0.465 e. The first-order valence-electron chi connectivity index (χ1n) is 9.56. The molecule has 0 aromatic carbocycles. The van der Waals surface area contributed by atoms with Gasteiger partial charge in [0.05, 0.1) is 25.5 Å². The Labute approximate surface area is 197 Å². The fraction of sp³-hybridized carbons (Fsp3) is 0.350. The van der Waals surface area contributed by atoms with Crippen molar-refractivity contribution in [3.8, 4) is 0 Å². The van der Waals surface area contributed by atoms with Gasteiger partial charge in [0, 0.05) is 17.8 Å². The number of nitrogens with one attached hydrogen (secondary N) is 1. The molecular formula is C20H22N4O5S3. The highest BCUT2D eigenvalue weighted by atomic mass is 32.2. The second-order valence-electron chi connectivity index (χ2n) is 6.48. The van der Waals surface area contributed by atoms with Crippen LogP contribution in [0.15, 0.2) is 22.7 Å². The molecule has 0 aliphatic heterocycles. The van der Waals surface area contributed by atoms with E-state index in [1.807, 2.05) is 29.0 Å². The van der Waals surface area contributed by atoms with Gasteiger partial charge in [-0.15, -0.1) is 32.9 Å². The van der Waals surface area contributed by atoms with Crippen LogP contribution in [-0.4, -0.2) is 52.6 Å². The van der Waals surface area contributed by atoms with Crippen LogP contribution in [0, 0.1) is 6.92 Å². The van der Waals surface area contributed by atoms with E-state index in [4.69, 9.17) is 9.47 Å². The molecule has 0 spiro atoms. The van der Waals surface area contributed by atoms with Crippen molar-refractivity contribution in [1.29, 1.82) is 0 Å². The number of amides is 1. The summed E-state index contributed by atoms with van der Waals surface area (Å²) in [4.78, 5) is 38.3. The van der Waals surface area contributed by atoms with Crippen molar-refractivity contribution in [2.45, 2.75) is 32.0 Å². The van der Waals surface area contributed by atoms with Gasteiger partial charge in [-0.05, 0) is 30.9 Å². The fourth-order valence-corrected chi connectivity index (χ4v) is 5.62. The number of thiophene rings is 2. The number of nitrogens with zero attached hydrogens (tertiary/aromatic N) is 3. The van der Waals surface area contributed by atoms with Crippen molar-refractivity contribution in [3.05, 3.63) is 44.2 Å². The van der Waals surface area contributed by atoms with Crippen molar-refractivity contribution in [2.24, 2.45) is 0 Å². The molecule has 1 N–H and O–H groups in total. The lowest BCUT2D eigenvalue weighted by Crippen LogP contribution is -2.16. The van der Waals surface area contributed by atoms with Gasteiger partial charge in [-0.3, -0.25) is 4.79 Å². The molecule has 3 heterocycles. The highest BCUT2D eigenvalue weighted by molar-refractivity contribution is 7.99. The minimum atomic E-state index is -0.638. The van der Waals surface area contributed by atoms with Gasteiger partial charge < -0.3 is 19.4 Å². The SMILES string of the molecule is CCn1c(Cc2cccs2)nnc1SCC(=O)Nc1sc(C(=O)OC)c(C)c1C(=O)OC. The van der Waals surface area contributed by atoms with Gasteiger partial charge in [0.2, 0.25) is 5.91 Å². The molecule has 3 rings (SSSR count). The van der Waals surface area contributed by atoms with Crippen LogP contribution in [0.2, 0.25) is 0 Å². The molecule has 0 atom stereocenters. The smallest absolute Gasteiger partial charge is 0.348 e. The molecule has 0 saturated carbocycles. The van der Waals surface area contributed by atoms with Crippen LogP contribution in [0.5, 0.6) is 0 Å². The highest BCUT2D eigenvalue weighted by Crippen LogP contribution is 2.34. The number of hydrogen-bond acceptors (Lipinski definition) is 10. The summed E-state index contributed by atoms with van der Waals surface area (Å²) in [5.41, 5.74) is 0.548. The minimum absolute atomic E-state index is 0.0578. The van der Waals surface area contributed by atoms with Crippen molar-refractivity contribution >= 4 is 57.3 Å². The zero-order valence-electron chi connectivity index (χ0n) is 18.0. The Bertz CT molecular complexity index is 1120. The topological polar surface area (TPSA) is 112 Å². The molecule has 12 heteroatoms. The van der Waals surface area contributed by atoms with Crippen molar-refractivity contribution in [2.75, 3.05) is 25.3 Å². The van der Waals surface area contributed by atoms with Gasteiger partial charge in [0.25, 0.3) is 0 Å². The van der Waals surface area contributed by atoms with E-state index in [1.165, 1.54) is 30.9 Å². The van der Waals surface area contributed by atoms with E-state index in [0.29, 0.717) is 23.7 Å². The number of rotatable bonds is 9. The number of ether oxygens (including phenoxy) is 2. The molecule has 0 saturated heterocycles. The van der Waals surface area contributed by atoms with Gasteiger partial charge >= 0.3 is 11.9 Å². The summed E-state index contributed by atoms with van der Waals surface area (Å²) >= 11 is 3.89. The van der Waals surface area contributed by atoms with E-state index in [-0.39, 0.29) is 27.1 Å². The summed E-state index contributed by atoms with van der Waals surface area (Å²) in [6.45, 7) is 4.28. The number of thioether (sulfide) groups is 1. The van der Waals surface area contributed by atoms with Crippen molar-refractivity contribution in [3.63, 3.8) is 0 Å². The Balaban J connectivity index is 1.72.